The van der Waals surface area contributed by atoms with Crippen molar-refractivity contribution in [3.05, 3.63) is 82.7 Å². The number of para-hydroxylation sites is 1. The van der Waals surface area contributed by atoms with Crippen molar-refractivity contribution in [2.45, 2.75) is 82.5 Å². The fourth-order valence-corrected chi connectivity index (χ4v) is 9.59. The highest BCUT2D eigenvalue weighted by Gasteiger charge is 2.32. The van der Waals surface area contributed by atoms with Gasteiger partial charge in [-0.2, -0.15) is 14.7 Å². The van der Waals surface area contributed by atoms with Crippen molar-refractivity contribution >= 4 is 51.1 Å². The van der Waals surface area contributed by atoms with Crippen LogP contribution in [0.5, 0.6) is 5.75 Å². The van der Waals surface area contributed by atoms with E-state index in [1.165, 1.54) is 6.42 Å². The Morgan fingerprint density at radius 3 is 2.61 bits per heavy atom. The number of aromatic nitrogens is 7. The van der Waals surface area contributed by atoms with Crippen molar-refractivity contribution in [1.82, 2.24) is 48.6 Å². The molecular weight excluding hydrogens is 751 g/mol. The van der Waals surface area contributed by atoms with Gasteiger partial charge >= 0.3 is 5.69 Å². The van der Waals surface area contributed by atoms with Gasteiger partial charge in [0.2, 0.25) is 11.8 Å². The lowest BCUT2D eigenvalue weighted by Gasteiger charge is -2.37. The first-order valence-electron chi connectivity index (χ1n) is 20.8. The van der Waals surface area contributed by atoms with Crippen molar-refractivity contribution in [2.24, 2.45) is 13.0 Å². The molecule has 308 valence electrons. The van der Waals surface area contributed by atoms with Crippen LogP contribution in [0, 0.1) is 5.92 Å². The van der Waals surface area contributed by atoms with Gasteiger partial charge in [-0.25, -0.2) is 9.78 Å². The van der Waals surface area contributed by atoms with Gasteiger partial charge in [0.1, 0.15) is 11.8 Å². The molecule has 1 saturated carbocycles. The summed E-state index contributed by atoms with van der Waals surface area (Å²) < 4.78 is 12.5. The Morgan fingerprint density at radius 1 is 1.02 bits per heavy atom. The van der Waals surface area contributed by atoms with Crippen LogP contribution in [0.25, 0.3) is 27.6 Å². The number of piperidine rings is 2. The molecule has 2 saturated heterocycles. The summed E-state index contributed by atoms with van der Waals surface area (Å²) in [5.74, 6) is 0.612. The van der Waals surface area contributed by atoms with E-state index < -0.39 is 11.9 Å². The monoisotopic (exact) mass is 801 g/mol. The second-order valence-electron chi connectivity index (χ2n) is 16.5. The lowest BCUT2D eigenvalue weighted by atomic mass is 9.89. The second kappa shape index (κ2) is 16.1. The molecule has 59 heavy (non-hydrogen) atoms. The third-order valence-corrected chi connectivity index (χ3v) is 13.0. The molecule has 3 aliphatic rings. The van der Waals surface area contributed by atoms with Gasteiger partial charge in [0, 0.05) is 49.9 Å². The van der Waals surface area contributed by atoms with Crippen LogP contribution in [0.15, 0.2) is 65.8 Å². The van der Waals surface area contributed by atoms with Crippen LogP contribution >= 0.6 is 0 Å². The second-order valence-corrected chi connectivity index (χ2v) is 16.5. The average molecular weight is 802 g/mol. The van der Waals surface area contributed by atoms with E-state index in [0.29, 0.717) is 47.2 Å². The molecule has 6 aromatic rings. The van der Waals surface area contributed by atoms with Crippen LogP contribution < -0.4 is 21.1 Å². The van der Waals surface area contributed by atoms with Gasteiger partial charge in [-0.05, 0) is 114 Å². The molecule has 1 atom stereocenters. The van der Waals surface area contributed by atoms with E-state index in [-0.39, 0.29) is 23.9 Å². The molecule has 6 heterocycles. The highest BCUT2D eigenvalue weighted by Crippen LogP contribution is 2.34. The number of methoxy groups -OCH3 is 1. The number of carbonyl (C=O) groups is 3. The summed E-state index contributed by atoms with van der Waals surface area (Å²) in [7, 11) is 5.61. The first-order chi connectivity index (χ1) is 28.6. The van der Waals surface area contributed by atoms with Crippen molar-refractivity contribution in [1.29, 1.82) is 0 Å². The third kappa shape index (κ3) is 7.50. The van der Waals surface area contributed by atoms with E-state index in [9.17, 15) is 19.2 Å². The zero-order chi connectivity index (χ0) is 40.8. The van der Waals surface area contributed by atoms with E-state index >= 15 is 0 Å². The minimum atomic E-state index is -0.684. The number of imidazole rings is 2. The molecule has 9 rings (SSSR count). The predicted octanol–water partition coefficient (Wildman–Crippen LogP) is 4.69. The van der Waals surface area contributed by atoms with E-state index in [1.54, 1.807) is 46.3 Å². The average Bonchev–Trinajstić information content (AvgIpc) is 3.94. The molecule has 4 aromatic heterocycles. The van der Waals surface area contributed by atoms with Gasteiger partial charge in [-0.1, -0.05) is 12.1 Å². The summed E-state index contributed by atoms with van der Waals surface area (Å²) in [6, 6.07) is 13.4. The highest BCUT2D eigenvalue weighted by atomic mass is 16.5. The third-order valence-electron chi connectivity index (χ3n) is 13.0. The molecule has 2 aromatic carbocycles. The maximum Gasteiger partial charge on any atom is 0.329 e. The molecule has 3 fully saturated rings. The molecule has 1 unspecified atom stereocenters. The van der Waals surface area contributed by atoms with Crippen LogP contribution in [0.1, 0.15) is 85.8 Å². The molecule has 16 nitrogen and oxygen atoms in total. The Kier molecular flexibility index (Phi) is 10.5. The number of aryl methyl sites for hydroxylation is 1. The van der Waals surface area contributed by atoms with Crippen LogP contribution in [-0.2, 0) is 23.2 Å². The molecule has 16 heteroatoms. The van der Waals surface area contributed by atoms with E-state index in [0.717, 1.165) is 92.2 Å². The number of amides is 3. The Hall–Kier alpha value is -5.87. The quantitative estimate of drug-likeness (QED) is 0.176. The summed E-state index contributed by atoms with van der Waals surface area (Å²) in [6.07, 6.45) is 13.6. The number of rotatable bonds is 11. The molecule has 0 bridgehead atoms. The normalized spacial score (nSPS) is 20.8. The minimum absolute atomic E-state index is 0.225. The zero-order valence-corrected chi connectivity index (χ0v) is 33.8. The Balaban J connectivity index is 0.762. The lowest BCUT2D eigenvalue weighted by Crippen LogP contribution is -2.44. The molecule has 0 spiro atoms. The summed E-state index contributed by atoms with van der Waals surface area (Å²) in [4.78, 5) is 60.6. The first kappa shape index (κ1) is 38.6. The number of fused-ring (bicyclic) bond motifs is 3. The molecule has 2 N–H and O–H groups in total. The lowest BCUT2D eigenvalue weighted by molar-refractivity contribution is -0.135. The fraction of sp³-hybridized carbons (Fsp3) is 0.465. The van der Waals surface area contributed by atoms with Crippen molar-refractivity contribution < 1.29 is 19.1 Å². The summed E-state index contributed by atoms with van der Waals surface area (Å²) in [5.41, 5.74) is 4.31. The molecule has 0 radical (unpaired) electrons. The highest BCUT2D eigenvalue weighted by molar-refractivity contribution is 6.08. The molecule has 1 aliphatic carbocycles. The van der Waals surface area contributed by atoms with Crippen LogP contribution in [-0.4, -0.2) is 101 Å². The number of imide groups is 1. The van der Waals surface area contributed by atoms with Gasteiger partial charge in [0.15, 0.2) is 11.5 Å². The van der Waals surface area contributed by atoms with Crippen molar-refractivity contribution in [3.63, 3.8) is 0 Å². The number of benzene rings is 2. The van der Waals surface area contributed by atoms with Crippen LogP contribution in [0.4, 0.5) is 5.82 Å². The van der Waals surface area contributed by atoms with E-state index in [4.69, 9.17) is 9.84 Å². The molecule has 3 amide bonds. The largest absolute Gasteiger partial charge is 0.496 e. The van der Waals surface area contributed by atoms with Crippen molar-refractivity contribution in [3.8, 4) is 5.75 Å². The number of hydrogen-bond donors (Lipinski definition) is 2. The van der Waals surface area contributed by atoms with Gasteiger partial charge in [0.05, 0.1) is 41.5 Å². The minimum Gasteiger partial charge on any atom is -0.496 e. The zero-order valence-electron chi connectivity index (χ0n) is 33.8. The van der Waals surface area contributed by atoms with Crippen LogP contribution in [0.3, 0.4) is 0 Å². The van der Waals surface area contributed by atoms with Crippen molar-refractivity contribution in [2.75, 3.05) is 39.1 Å². The number of anilines is 1. The summed E-state index contributed by atoms with van der Waals surface area (Å²) in [5, 5.41) is 15.4. The number of nitrogens with one attached hydrogen (secondary N) is 2. The summed E-state index contributed by atoms with van der Waals surface area (Å²) >= 11 is 0. The maximum absolute atomic E-state index is 13.4. The smallest absolute Gasteiger partial charge is 0.329 e. The van der Waals surface area contributed by atoms with Gasteiger partial charge < -0.3 is 15.0 Å². The predicted molar refractivity (Wildman–Crippen MR) is 222 cm³/mol. The maximum atomic E-state index is 13.4. The topological polar surface area (TPSA) is 166 Å². The molecular formula is C43H51N11O5. The van der Waals surface area contributed by atoms with Crippen LogP contribution in [0.2, 0.25) is 0 Å². The summed E-state index contributed by atoms with van der Waals surface area (Å²) in [6.45, 7) is 3.84. The first-order valence-corrected chi connectivity index (χ1v) is 20.8. The number of nitrogens with zero attached hydrogens (tertiary/aromatic N) is 9. The Morgan fingerprint density at radius 2 is 1.83 bits per heavy atom. The Bertz CT molecular complexity index is 2610. The number of ether oxygens (including phenoxy) is 1. The van der Waals surface area contributed by atoms with E-state index in [1.807, 2.05) is 30.3 Å². The number of hydrogen-bond acceptors (Lipinski definition) is 10. The van der Waals surface area contributed by atoms with Gasteiger partial charge in [0.25, 0.3) is 5.91 Å². The molecule has 2 aliphatic heterocycles. The SMILES string of the molecule is COc1cc2nn(C3CCC(N(C)CCC4CCN(Cc5cccc6c5n(C)c(=O)n6C5CCC(=O)NC5=O)CC4)CC3)cc2cc1C(=O)Nc1cnc2cccnn12. The van der Waals surface area contributed by atoms with Gasteiger partial charge in [-0.3, -0.25) is 38.4 Å². The standard InChI is InChI=1S/C43H51N11O5/c1-49(19-15-27-16-20-51(21-17-27)25-28-6-4-7-34-40(28)50(2)43(58)53(34)35-13-14-39(55)47-42(35)57)30-9-11-31(12-10-30)52-26-29-22-32(36(59-3)23-33(29)48-52)41(56)46-38-24-44-37-8-5-18-45-54(37)38/h4-8,18,22-24,26-27,30-31,35H,9-17,19-21,25H2,1-3H3,(H,46,56)(H,47,55,57). The van der Waals surface area contributed by atoms with Gasteiger partial charge in [-0.15, -0.1) is 0 Å². The fourth-order valence-electron chi connectivity index (χ4n) is 9.59. The Labute approximate surface area is 341 Å². The number of carbonyl (C=O) groups excluding carboxylic acids is 3. The number of likely N-dealkylation sites (tertiary alicyclic amines) is 1. The van der Waals surface area contributed by atoms with E-state index in [2.05, 4.69) is 54.5 Å².